The maximum Gasteiger partial charge on any atom is 0.281 e. The Hall–Kier alpha value is -3.03. The molecule has 2 aromatic heterocycles. The van der Waals surface area contributed by atoms with Crippen LogP contribution in [0.1, 0.15) is 55.1 Å². The van der Waals surface area contributed by atoms with Crippen LogP contribution in [0.2, 0.25) is 0 Å². The number of piperidine rings is 1. The van der Waals surface area contributed by atoms with Crippen molar-refractivity contribution in [3.8, 4) is 0 Å². The number of hydrogen-bond donors (Lipinski definition) is 1. The van der Waals surface area contributed by atoms with E-state index in [0.29, 0.717) is 24.6 Å². The molecular formula is C22H28N6O2. The van der Waals surface area contributed by atoms with Gasteiger partial charge in [-0.3, -0.25) is 9.59 Å². The van der Waals surface area contributed by atoms with Gasteiger partial charge >= 0.3 is 0 Å². The topological polar surface area (TPSA) is 96.8 Å². The zero-order valence-corrected chi connectivity index (χ0v) is 18.0. The lowest BCUT2D eigenvalue weighted by atomic mass is 9.96. The summed E-state index contributed by atoms with van der Waals surface area (Å²) >= 11 is 0. The molecule has 3 heterocycles. The normalized spacial score (nSPS) is 17.1. The molecule has 1 unspecified atom stereocenters. The molecule has 0 spiro atoms. The van der Waals surface area contributed by atoms with Gasteiger partial charge in [-0.25, -0.2) is 9.67 Å². The molecule has 8 heteroatoms. The van der Waals surface area contributed by atoms with Crippen molar-refractivity contribution in [1.29, 1.82) is 0 Å². The average Bonchev–Trinajstić information content (AvgIpc) is 3.13. The Morgan fingerprint density at radius 2 is 2.10 bits per heavy atom. The SMILES string of the molecule is Cc1ccc(C)c(Cn2nnc3c(=O)[nH]c(C4CCCN(C(=O)C(C)C)C4)nc32)c1. The number of nitrogens with one attached hydrogen (secondary N) is 1. The molecule has 1 aliphatic rings. The quantitative estimate of drug-likeness (QED) is 0.716. The summed E-state index contributed by atoms with van der Waals surface area (Å²) in [6, 6.07) is 6.28. The number of H-pyrrole nitrogens is 1. The standard InChI is InChI=1S/C22H28N6O2/c1-13(2)22(30)27-9-5-6-16(11-27)19-23-20-18(21(29)24-19)25-26-28(20)12-17-10-14(3)7-8-15(17)4/h7-8,10,13,16H,5-6,9,11-12H2,1-4H3,(H,23,24,29). The minimum absolute atomic E-state index is 0.00241. The number of carbonyl (C=O) groups excluding carboxylic acids is 1. The van der Waals surface area contributed by atoms with Crippen molar-refractivity contribution < 1.29 is 4.79 Å². The van der Waals surface area contributed by atoms with Crippen molar-refractivity contribution in [2.24, 2.45) is 5.92 Å². The van der Waals surface area contributed by atoms with Gasteiger partial charge in [0.1, 0.15) is 5.82 Å². The van der Waals surface area contributed by atoms with Gasteiger partial charge < -0.3 is 9.88 Å². The molecular weight excluding hydrogens is 380 g/mol. The van der Waals surface area contributed by atoms with Gasteiger partial charge in [-0.05, 0) is 37.8 Å². The average molecular weight is 409 g/mol. The molecule has 0 radical (unpaired) electrons. The summed E-state index contributed by atoms with van der Waals surface area (Å²) in [6.45, 7) is 9.77. The molecule has 1 atom stereocenters. The highest BCUT2D eigenvalue weighted by atomic mass is 16.2. The van der Waals surface area contributed by atoms with E-state index in [0.717, 1.165) is 30.5 Å². The smallest absolute Gasteiger partial charge is 0.281 e. The molecule has 3 aromatic rings. The fraction of sp³-hybridized carbons (Fsp3) is 0.500. The second-order valence-corrected chi connectivity index (χ2v) is 8.58. The first-order chi connectivity index (χ1) is 14.3. The largest absolute Gasteiger partial charge is 0.342 e. The molecule has 1 amide bonds. The molecule has 1 fully saturated rings. The number of carbonyl (C=O) groups is 1. The first-order valence-electron chi connectivity index (χ1n) is 10.5. The predicted octanol–water partition coefficient (Wildman–Crippen LogP) is 2.54. The minimum Gasteiger partial charge on any atom is -0.342 e. The number of rotatable bonds is 4. The molecule has 0 saturated carbocycles. The number of amides is 1. The third kappa shape index (κ3) is 3.86. The molecule has 30 heavy (non-hydrogen) atoms. The van der Waals surface area contributed by atoms with Gasteiger partial charge in [0.25, 0.3) is 5.56 Å². The third-order valence-electron chi connectivity index (χ3n) is 5.83. The van der Waals surface area contributed by atoms with Crippen LogP contribution in [0.15, 0.2) is 23.0 Å². The Morgan fingerprint density at radius 1 is 1.30 bits per heavy atom. The van der Waals surface area contributed by atoms with Crippen LogP contribution in [0.4, 0.5) is 0 Å². The molecule has 1 aliphatic heterocycles. The lowest BCUT2D eigenvalue weighted by Crippen LogP contribution is -2.41. The zero-order valence-electron chi connectivity index (χ0n) is 18.0. The number of aromatic amines is 1. The Kier molecular flexibility index (Phi) is 5.40. The number of nitrogens with zero attached hydrogens (tertiary/aromatic N) is 5. The maximum atomic E-state index is 12.7. The van der Waals surface area contributed by atoms with Crippen molar-refractivity contribution in [2.45, 2.75) is 53.0 Å². The van der Waals surface area contributed by atoms with E-state index in [1.807, 2.05) is 18.7 Å². The first-order valence-corrected chi connectivity index (χ1v) is 10.5. The summed E-state index contributed by atoms with van der Waals surface area (Å²) in [6.07, 6.45) is 1.78. The highest BCUT2D eigenvalue weighted by Gasteiger charge is 2.28. The van der Waals surface area contributed by atoms with Crippen LogP contribution in [0, 0.1) is 19.8 Å². The lowest BCUT2D eigenvalue weighted by Gasteiger charge is -2.33. The van der Waals surface area contributed by atoms with Gasteiger partial charge in [-0.15, -0.1) is 5.10 Å². The van der Waals surface area contributed by atoms with E-state index in [1.54, 1.807) is 4.68 Å². The van der Waals surface area contributed by atoms with Crippen LogP contribution in [0.5, 0.6) is 0 Å². The van der Waals surface area contributed by atoms with Gasteiger partial charge in [0.15, 0.2) is 11.2 Å². The van der Waals surface area contributed by atoms with Gasteiger partial charge in [0.05, 0.1) is 6.54 Å². The van der Waals surface area contributed by atoms with E-state index in [4.69, 9.17) is 4.98 Å². The Labute approximate surface area is 175 Å². The van der Waals surface area contributed by atoms with Crippen molar-refractivity contribution in [1.82, 2.24) is 29.9 Å². The number of benzene rings is 1. The van der Waals surface area contributed by atoms with E-state index >= 15 is 0 Å². The summed E-state index contributed by atoms with van der Waals surface area (Å²) in [5, 5.41) is 8.26. The van der Waals surface area contributed by atoms with Crippen LogP contribution in [0.3, 0.4) is 0 Å². The van der Waals surface area contributed by atoms with Gasteiger partial charge in [0, 0.05) is 24.9 Å². The first kappa shape index (κ1) is 20.3. The summed E-state index contributed by atoms with van der Waals surface area (Å²) < 4.78 is 1.69. The summed E-state index contributed by atoms with van der Waals surface area (Å²) in [5.74, 6) is 0.715. The fourth-order valence-electron chi connectivity index (χ4n) is 4.08. The zero-order chi connectivity index (χ0) is 21.4. The molecule has 8 nitrogen and oxygen atoms in total. The van der Waals surface area contributed by atoms with Crippen molar-refractivity contribution >= 4 is 17.1 Å². The highest BCUT2D eigenvalue weighted by Crippen LogP contribution is 2.25. The monoisotopic (exact) mass is 408 g/mol. The fourth-order valence-corrected chi connectivity index (χ4v) is 4.08. The number of fused-ring (bicyclic) bond motifs is 1. The predicted molar refractivity (Wildman–Crippen MR) is 114 cm³/mol. The van der Waals surface area contributed by atoms with E-state index in [2.05, 4.69) is 47.3 Å². The third-order valence-corrected chi connectivity index (χ3v) is 5.83. The molecule has 4 rings (SSSR count). The van der Waals surface area contributed by atoms with Gasteiger partial charge in [0.2, 0.25) is 5.91 Å². The number of hydrogen-bond acceptors (Lipinski definition) is 5. The van der Waals surface area contributed by atoms with Crippen molar-refractivity contribution in [3.05, 3.63) is 51.1 Å². The summed E-state index contributed by atoms with van der Waals surface area (Å²) in [5.41, 5.74) is 3.90. The minimum atomic E-state index is -0.283. The molecule has 158 valence electrons. The molecule has 1 N–H and O–H groups in total. The lowest BCUT2D eigenvalue weighted by molar-refractivity contribution is -0.135. The van der Waals surface area contributed by atoms with Crippen LogP contribution in [-0.4, -0.2) is 48.9 Å². The van der Waals surface area contributed by atoms with Crippen molar-refractivity contribution in [3.63, 3.8) is 0 Å². The summed E-state index contributed by atoms with van der Waals surface area (Å²) in [4.78, 5) is 34.6. The molecule has 1 aromatic carbocycles. The molecule has 0 aliphatic carbocycles. The van der Waals surface area contributed by atoms with E-state index in [9.17, 15) is 9.59 Å². The van der Waals surface area contributed by atoms with E-state index < -0.39 is 0 Å². The highest BCUT2D eigenvalue weighted by molar-refractivity contribution is 5.78. The van der Waals surface area contributed by atoms with Crippen LogP contribution < -0.4 is 5.56 Å². The number of aromatic nitrogens is 5. The van der Waals surface area contributed by atoms with Gasteiger partial charge in [-0.1, -0.05) is 42.8 Å². The number of likely N-dealkylation sites (tertiary alicyclic amines) is 1. The molecule has 0 bridgehead atoms. The van der Waals surface area contributed by atoms with E-state index in [1.165, 1.54) is 5.56 Å². The van der Waals surface area contributed by atoms with E-state index in [-0.39, 0.29) is 28.8 Å². The summed E-state index contributed by atoms with van der Waals surface area (Å²) in [7, 11) is 0. The second-order valence-electron chi connectivity index (χ2n) is 8.58. The Bertz CT molecular complexity index is 1150. The maximum absolute atomic E-state index is 12.7. The van der Waals surface area contributed by atoms with Crippen molar-refractivity contribution in [2.75, 3.05) is 13.1 Å². The Morgan fingerprint density at radius 3 is 2.87 bits per heavy atom. The van der Waals surface area contributed by atoms with Crippen LogP contribution in [-0.2, 0) is 11.3 Å². The molecule has 1 saturated heterocycles. The second kappa shape index (κ2) is 8.01. The van der Waals surface area contributed by atoms with Crippen LogP contribution >= 0.6 is 0 Å². The van der Waals surface area contributed by atoms with Crippen LogP contribution in [0.25, 0.3) is 11.2 Å². The number of aryl methyl sites for hydroxylation is 2. The van der Waals surface area contributed by atoms with Gasteiger partial charge in [-0.2, -0.15) is 0 Å². The Balaban J connectivity index is 1.67.